The highest BCUT2D eigenvalue weighted by atomic mass is 19.1. The van der Waals surface area contributed by atoms with Crippen LogP contribution in [0.2, 0.25) is 0 Å². The van der Waals surface area contributed by atoms with Crippen LogP contribution in [0.5, 0.6) is 0 Å². The van der Waals surface area contributed by atoms with Crippen LogP contribution in [0.4, 0.5) is 14.0 Å². The van der Waals surface area contributed by atoms with E-state index in [1.165, 1.54) is 19.2 Å². The number of methoxy groups -OCH3 is 1. The fraction of sp³-hybridized carbons (Fsp3) is 0.556. The van der Waals surface area contributed by atoms with Crippen molar-refractivity contribution in [3.63, 3.8) is 0 Å². The van der Waals surface area contributed by atoms with Gasteiger partial charge in [0.1, 0.15) is 22.4 Å². The maximum atomic E-state index is 13.3. The second-order valence-electron chi connectivity index (χ2n) is 11.3. The summed E-state index contributed by atoms with van der Waals surface area (Å²) in [5.74, 6) is -0.821. The van der Waals surface area contributed by atoms with Crippen molar-refractivity contribution in [1.82, 2.24) is 14.5 Å². The van der Waals surface area contributed by atoms with Crippen molar-refractivity contribution in [1.29, 1.82) is 0 Å². The van der Waals surface area contributed by atoms with Crippen LogP contribution >= 0.6 is 0 Å². The minimum Gasteiger partial charge on any atom is -0.468 e. The largest absolute Gasteiger partial charge is 0.468 e. The number of carbonyl (C=O) groups is 3. The third kappa shape index (κ3) is 6.87. The molecule has 10 heteroatoms. The molecule has 0 N–H and O–H groups in total. The smallest absolute Gasteiger partial charge is 0.419 e. The molecule has 2 unspecified atom stereocenters. The number of halogens is 1. The molecule has 0 radical (unpaired) electrons. The molecule has 0 saturated heterocycles. The van der Waals surface area contributed by atoms with Gasteiger partial charge in [0.25, 0.3) is 0 Å². The van der Waals surface area contributed by atoms with E-state index in [2.05, 4.69) is 4.98 Å². The maximum absolute atomic E-state index is 13.3. The zero-order valence-corrected chi connectivity index (χ0v) is 22.5. The molecule has 1 aromatic carbocycles. The minimum absolute atomic E-state index is 0.0710. The average molecular weight is 518 g/mol. The Hall–Kier alpha value is -3.43. The Morgan fingerprint density at radius 1 is 1.05 bits per heavy atom. The van der Waals surface area contributed by atoms with Gasteiger partial charge in [-0.2, -0.15) is 0 Å². The van der Waals surface area contributed by atoms with Crippen LogP contribution in [-0.2, 0) is 24.4 Å². The lowest BCUT2D eigenvalue weighted by molar-refractivity contribution is -0.144. The van der Waals surface area contributed by atoms with Gasteiger partial charge in [-0.25, -0.2) is 23.9 Å². The van der Waals surface area contributed by atoms with Crippen LogP contribution in [0, 0.1) is 11.7 Å². The summed E-state index contributed by atoms with van der Waals surface area (Å²) in [4.78, 5) is 43.7. The number of aromatic nitrogens is 2. The van der Waals surface area contributed by atoms with Gasteiger partial charge in [-0.3, -0.25) is 4.79 Å². The number of benzene rings is 1. The molecule has 1 fully saturated rings. The van der Waals surface area contributed by atoms with E-state index in [9.17, 15) is 18.8 Å². The molecule has 1 aliphatic carbocycles. The van der Waals surface area contributed by atoms with Crippen molar-refractivity contribution in [2.24, 2.45) is 5.92 Å². The normalized spacial score (nSPS) is 19.2. The van der Waals surface area contributed by atoms with Gasteiger partial charge >= 0.3 is 18.2 Å². The molecule has 2 atom stereocenters. The van der Waals surface area contributed by atoms with Crippen molar-refractivity contribution in [2.45, 2.75) is 77.4 Å². The van der Waals surface area contributed by atoms with E-state index in [-0.39, 0.29) is 18.3 Å². The first-order chi connectivity index (χ1) is 17.2. The number of carbonyl (C=O) groups excluding carboxylic acids is 3. The Bertz CT molecular complexity index is 1100. The van der Waals surface area contributed by atoms with E-state index < -0.39 is 34.8 Å². The van der Waals surface area contributed by atoms with Gasteiger partial charge in [-0.1, -0.05) is 0 Å². The molecule has 37 heavy (non-hydrogen) atoms. The predicted molar refractivity (Wildman–Crippen MR) is 134 cm³/mol. The number of imide groups is 1. The van der Waals surface area contributed by atoms with Crippen molar-refractivity contribution in [2.75, 3.05) is 13.7 Å². The molecule has 1 saturated carbocycles. The SMILES string of the molecule is COC(=O)C1(c2cn(-c3ccc(F)cc3)cn2)CC1CCCN(C(=O)OC(C)(C)C)C(=O)OC(C)(C)C. The highest BCUT2D eigenvalue weighted by molar-refractivity contribution is 5.88. The van der Waals surface area contributed by atoms with Gasteiger partial charge in [-0.15, -0.1) is 0 Å². The van der Waals surface area contributed by atoms with Crippen LogP contribution < -0.4 is 0 Å². The number of hydrogen-bond acceptors (Lipinski definition) is 7. The summed E-state index contributed by atoms with van der Waals surface area (Å²) in [5, 5.41) is 0. The summed E-state index contributed by atoms with van der Waals surface area (Å²) in [5.41, 5.74) is -1.20. The number of rotatable bonds is 7. The van der Waals surface area contributed by atoms with Crippen molar-refractivity contribution in [3.8, 4) is 5.69 Å². The number of nitrogens with zero attached hydrogens (tertiary/aromatic N) is 3. The van der Waals surface area contributed by atoms with Gasteiger partial charge in [0.15, 0.2) is 0 Å². The maximum Gasteiger partial charge on any atom is 0.419 e. The van der Waals surface area contributed by atoms with E-state index >= 15 is 0 Å². The lowest BCUT2D eigenvalue weighted by Gasteiger charge is -2.28. The monoisotopic (exact) mass is 517 g/mol. The van der Waals surface area contributed by atoms with Crippen molar-refractivity contribution < 1.29 is 33.0 Å². The summed E-state index contributed by atoms with van der Waals surface area (Å²) in [6.45, 7) is 10.4. The van der Waals surface area contributed by atoms with E-state index in [1.54, 1.807) is 70.8 Å². The highest BCUT2D eigenvalue weighted by Crippen LogP contribution is 2.57. The number of hydrogen-bond donors (Lipinski definition) is 0. The molecular formula is C27H36FN3O6. The summed E-state index contributed by atoms with van der Waals surface area (Å²) < 4.78 is 30.9. The standard InChI is InChI=1S/C27H36FN3O6/c1-25(2,3)36-23(33)31(24(34)37-26(4,5)6)14-8-9-18-15-27(18,22(32)35-7)21-16-30(17-29-21)20-12-10-19(28)11-13-20/h10-13,16-18H,8-9,14-15H2,1-7H3. The molecule has 0 aliphatic heterocycles. The van der Waals surface area contributed by atoms with Crippen molar-refractivity contribution >= 4 is 18.2 Å². The number of amides is 2. The van der Waals surface area contributed by atoms with Crippen LogP contribution in [0.25, 0.3) is 5.69 Å². The second-order valence-corrected chi connectivity index (χ2v) is 11.3. The third-order valence-electron chi connectivity index (χ3n) is 5.98. The molecule has 2 amide bonds. The second kappa shape index (κ2) is 10.5. The molecule has 1 aliphatic rings. The topological polar surface area (TPSA) is 100.0 Å². The van der Waals surface area contributed by atoms with E-state index in [0.29, 0.717) is 30.6 Å². The Morgan fingerprint density at radius 3 is 2.14 bits per heavy atom. The molecule has 1 aromatic heterocycles. The van der Waals surface area contributed by atoms with Gasteiger partial charge in [0, 0.05) is 18.4 Å². The van der Waals surface area contributed by atoms with E-state index in [1.807, 2.05) is 0 Å². The zero-order valence-electron chi connectivity index (χ0n) is 22.5. The van der Waals surface area contributed by atoms with Gasteiger partial charge in [0.05, 0.1) is 19.1 Å². The minimum atomic E-state index is -0.914. The van der Waals surface area contributed by atoms with Crippen LogP contribution in [0.1, 0.15) is 66.5 Å². The van der Waals surface area contributed by atoms with Crippen molar-refractivity contribution in [3.05, 3.63) is 48.3 Å². The van der Waals surface area contributed by atoms with Gasteiger partial charge in [0.2, 0.25) is 0 Å². The molecule has 9 nitrogen and oxygen atoms in total. The Balaban J connectivity index is 1.72. The van der Waals surface area contributed by atoms with E-state index in [0.717, 1.165) is 4.90 Å². The molecule has 0 spiro atoms. The predicted octanol–water partition coefficient (Wildman–Crippen LogP) is 5.39. The first-order valence-electron chi connectivity index (χ1n) is 12.3. The van der Waals surface area contributed by atoms with Crippen LogP contribution in [0.3, 0.4) is 0 Å². The molecule has 202 valence electrons. The Morgan fingerprint density at radius 2 is 1.62 bits per heavy atom. The summed E-state index contributed by atoms with van der Waals surface area (Å²) in [7, 11) is 1.34. The van der Waals surface area contributed by atoms with Gasteiger partial charge in [-0.05, 0) is 91.0 Å². The quantitative estimate of drug-likeness (QED) is 0.358. The molecule has 0 bridgehead atoms. The molecule has 3 rings (SSSR count). The highest BCUT2D eigenvalue weighted by Gasteiger charge is 2.63. The van der Waals surface area contributed by atoms with Crippen LogP contribution in [-0.4, -0.2) is 57.5 Å². The Labute approximate surface area is 216 Å². The van der Waals surface area contributed by atoms with E-state index in [4.69, 9.17) is 14.2 Å². The number of ether oxygens (including phenoxy) is 3. The first kappa shape index (κ1) is 28.1. The molecular weight excluding hydrogens is 481 g/mol. The summed E-state index contributed by atoms with van der Waals surface area (Å²) in [6, 6.07) is 5.95. The van der Waals surface area contributed by atoms with Crippen LogP contribution in [0.15, 0.2) is 36.8 Å². The molecule has 1 heterocycles. The number of esters is 1. The lowest BCUT2D eigenvalue weighted by atomic mass is 9.97. The fourth-order valence-electron chi connectivity index (χ4n) is 4.22. The number of imidazole rings is 1. The Kier molecular flexibility index (Phi) is 8.00. The third-order valence-corrected chi connectivity index (χ3v) is 5.98. The summed E-state index contributed by atoms with van der Waals surface area (Å²) >= 11 is 0. The first-order valence-corrected chi connectivity index (χ1v) is 12.3. The molecule has 2 aromatic rings. The summed E-state index contributed by atoms with van der Waals surface area (Å²) in [6.07, 6.45) is 3.26. The zero-order chi connectivity index (χ0) is 27.6. The average Bonchev–Trinajstić information content (AvgIpc) is 3.29. The lowest BCUT2D eigenvalue weighted by Crippen LogP contribution is -2.44. The fourth-order valence-corrected chi connectivity index (χ4v) is 4.22. The van der Waals surface area contributed by atoms with Gasteiger partial charge < -0.3 is 18.8 Å².